The number of aliphatic hydroxyl groups excluding tert-OH is 1. The van der Waals surface area contributed by atoms with Gasteiger partial charge < -0.3 is 9.84 Å². The summed E-state index contributed by atoms with van der Waals surface area (Å²) in [6.45, 7) is 2.04. The van der Waals surface area contributed by atoms with Crippen LogP contribution in [0.1, 0.15) is 41.2 Å². The van der Waals surface area contributed by atoms with Gasteiger partial charge in [-0.1, -0.05) is 22.0 Å². The van der Waals surface area contributed by atoms with Gasteiger partial charge in [0.15, 0.2) is 5.69 Å². The number of carbonyl (C=O) groups is 1. The van der Waals surface area contributed by atoms with Crippen LogP contribution in [0.25, 0.3) is 5.69 Å². The van der Waals surface area contributed by atoms with Crippen LogP contribution in [0, 0.1) is 0 Å². The molecule has 0 fully saturated rings. The zero-order valence-electron chi connectivity index (χ0n) is 11.5. The predicted octanol–water partition coefficient (Wildman–Crippen LogP) is 2.79. The average Bonchev–Trinajstić information content (AvgIpc) is 3.00. The smallest absolute Gasteiger partial charge is 0.359 e. The lowest BCUT2D eigenvalue weighted by Crippen LogP contribution is -2.10. The SMILES string of the molecule is CCOC(=O)c1nn(-c2cccc(Br)c2)c2c1C(O)CC2. The number of fused-ring (bicyclic) bond motifs is 1. The van der Waals surface area contributed by atoms with Gasteiger partial charge in [0, 0.05) is 10.0 Å². The van der Waals surface area contributed by atoms with Crippen LogP contribution in [0.3, 0.4) is 0 Å². The van der Waals surface area contributed by atoms with Gasteiger partial charge in [-0.15, -0.1) is 0 Å². The molecular weight excluding hydrogens is 336 g/mol. The van der Waals surface area contributed by atoms with Gasteiger partial charge in [-0.3, -0.25) is 0 Å². The second kappa shape index (κ2) is 5.61. The number of hydrogen-bond acceptors (Lipinski definition) is 4. The van der Waals surface area contributed by atoms with Crippen LogP contribution in [0.2, 0.25) is 0 Å². The molecule has 0 saturated carbocycles. The van der Waals surface area contributed by atoms with Crippen LogP contribution in [-0.4, -0.2) is 27.5 Å². The Morgan fingerprint density at radius 1 is 1.57 bits per heavy atom. The first kappa shape index (κ1) is 14.3. The Kier molecular flexibility index (Phi) is 3.82. The third kappa shape index (κ3) is 2.49. The molecule has 0 spiro atoms. The molecule has 1 heterocycles. The van der Waals surface area contributed by atoms with E-state index >= 15 is 0 Å². The highest BCUT2D eigenvalue weighted by Gasteiger charge is 2.33. The lowest BCUT2D eigenvalue weighted by atomic mass is 10.1. The number of ether oxygens (including phenoxy) is 1. The zero-order chi connectivity index (χ0) is 15.0. The monoisotopic (exact) mass is 350 g/mol. The van der Waals surface area contributed by atoms with E-state index in [1.807, 2.05) is 24.3 Å². The van der Waals surface area contributed by atoms with E-state index in [2.05, 4.69) is 21.0 Å². The zero-order valence-corrected chi connectivity index (χ0v) is 13.1. The van der Waals surface area contributed by atoms with Crippen LogP contribution in [0.4, 0.5) is 0 Å². The number of carbonyl (C=O) groups excluding carboxylic acids is 1. The molecule has 1 aromatic heterocycles. The van der Waals surface area contributed by atoms with E-state index in [1.165, 1.54) is 0 Å². The molecule has 0 bridgehead atoms. The minimum absolute atomic E-state index is 0.219. The van der Waals surface area contributed by atoms with Gasteiger partial charge in [-0.25, -0.2) is 9.48 Å². The van der Waals surface area contributed by atoms with E-state index in [1.54, 1.807) is 11.6 Å². The fraction of sp³-hybridized carbons (Fsp3) is 0.333. The Morgan fingerprint density at radius 3 is 3.10 bits per heavy atom. The molecule has 0 radical (unpaired) electrons. The Morgan fingerprint density at radius 2 is 2.38 bits per heavy atom. The van der Waals surface area contributed by atoms with Crippen molar-refractivity contribution in [2.24, 2.45) is 0 Å². The molecule has 0 aliphatic heterocycles. The van der Waals surface area contributed by atoms with Gasteiger partial charge in [0.1, 0.15) is 0 Å². The number of hydrogen-bond donors (Lipinski definition) is 1. The van der Waals surface area contributed by atoms with E-state index in [-0.39, 0.29) is 12.3 Å². The largest absolute Gasteiger partial charge is 0.461 e. The summed E-state index contributed by atoms with van der Waals surface area (Å²) in [5, 5.41) is 14.5. The van der Waals surface area contributed by atoms with E-state index in [0.717, 1.165) is 15.9 Å². The molecule has 2 aromatic rings. The van der Waals surface area contributed by atoms with Gasteiger partial charge in [0.25, 0.3) is 0 Å². The van der Waals surface area contributed by atoms with Gasteiger partial charge in [-0.05, 0) is 38.0 Å². The Labute approximate surface area is 130 Å². The highest BCUT2D eigenvalue weighted by molar-refractivity contribution is 9.10. The quantitative estimate of drug-likeness (QED) is 0.864. The summed E-state index contributed by atoms with van der Waals surface area (Å²) in [5.74, 6) is -0.483. The minimum atomic E-state index is -0.652. The van der Waals surface area contributed by atoms with E-state index < -0.39 is 12.1 Å². The molecule has 0 amide bonds. The molecule has 1 aromatic carbocycles. The van der Waals surface area contributed by atoms with Crippen molar-refractivity contribution >= 4 is 21.9 Å². The number of esters is 1. The Hall–Kier alpha value is -1.66. The van der Waals surface area contributed by atoms with E-state index in [4.69, 9.17) is 4.74 Å². The maximum atomic E-state index is 12.0. The normalized spacial score (nSPS) is 16.8. The van der Waals surface area contributed by atoms with E-state index in [9.17, 15) is 9.90 Å². The second-order valence-electron chi connectivity index (χ2n) is 4.88. The summed E-state index contributed by atoms with van der Waals surface area (Å²) in [6, 6.07) is 7.67. The van der Waals surface area contributed by atoms with Crippen molar-refractivity contribution in [1.29, 1.82) is 0 Å². The number of aliphatic hydroxyl groups is 1. The van der Waals surface area contributed by atoms with Crippen molar-refractivity contribution < 1.29 is 14.6 Å². The van der Waals surface area contributed by atoms with Crippen molar-refractivity contribution in [1.82, 2.24) is 9.78 Å². The standard InChI is InChI=1S/C15H15BrN2O3/c1-2-21-15(20)14-13-11(6-7-12(13)19)18(17-14)10-5-3-4-9(16)8-10/h3-5,8,12,19H,2,6-7H2,1H3. The minimum Gasteiger partial charge on any atom is -0.461 e. The summed E-state index contributed by atoms with van der Waals surface area (Å²) >= 11 is 3.43. The van der Waals surface area contributed by atoms with E-state index in [0.29, 0.717) is 18.4 Å². The molecule has 1 unspecified atom stereocenters. The second-order valence-corrected chi connectivity index (χ2v) is 5.79. The first-order valence-corrected chi connectivity index (χ1v) is 7.64. The molecule has 1 aliphatic rings. The van der Waals surface area contributed by atoms with Gasteiger partial charge in [0.05, 0.1) is 24.1 Å². The van der Waals surface area contributed by atoms with Crippen LogP contribution in [0.15, 0.2) is 28.7 Å². The summed E-state index contributed by atoms with van der Waals surface area (Å²) in [7, 11) is 0. The van der Waals surface area contributed by atoms with Crippen molar-refractivity contribution in [3.05, 3.63) is 45.7 Å². The fourth-order valence-corrected chi connectivity index (χ4v) is 3.03. The summed E-state index contributed by atoms with van der Waals surface area (Å²) in [4.78, 5) is 12.0. The van der Waals surface area contributed by atoms with Crippen LogP contribution >= 0.6 is 15.9 Å². The van der Waals surface area contributed by atoms with Crippen LogP contribution in [0.5, 0.6) is 0 Å². The van der Waals surface area contributed by atoms with Gasteiger partial charge in [0.2, 0.25) is 0 Å². The molecule has 1 atom stereocenters. The van der Waals surface area contributed by atoms with Crippen molar-refractivity contribution in [3.63, 3.8) is 0 Å². The molecule has 1 aliphatic carbocycles. The number of rotatable bonds is 3. The number of nitrogens with zero attached hydrogens (tertiary/aromatic N) is 2. The van der Waals surface area contributed by atoms with Crippen molar-refractivity contribution in [3.8, 4) is 5.69 Å². The first-order valence-electron chi connectivity index (χ1n) is 6.84. The molecule has 6 heteroatoms. The average molecular weight is 351 g/mol. The summed E-state index contributed by atoms with van der Waals surface area (Å²) < 4.78 is 7.70. The molecule has 21 heavy (non-hydrogen) atoms. The predicted molar refractivity (Wildman–Crippen MR) is 80.5 cm³/mol. The number of benzene rings is 1. The third-order valence-corrected chi connectivity index (χ3v) is 4.02. The van der Waals surface area contributed by atoms with Crippen LogP contribution in [-0.2, 0) is 11.2 Å². The van der Waals surface area contributed by atoms with Gasteiger partial charge in [-0.2, -0.15) is 5.10 Å². The number of halogens is 1. The summed E-state index contributed by atoms with van der Waals surface area (Å²) in [5.41, 5.74) is 2.55. The van der Waals surface area contributed by atoms with Crippen LogP contribution < -0.4 is 0 Å². The fourth-order valence-electron chi connectivity index (χ4n) is 2.65. The molecule has 110 valence electrons. The highest BCUT2D eigenvalue weighted by atomic mass is 79.9. The Bertz CT molecular complexity index is 696. The first-order chi connectivity index (χ1) is 10.1. The molecule has 0 saturated heterocycles. The summed E-state index contributed by atoms with van der Waals surface area (Å²) in [6.07, 6.45) is 0.642. The highest BCUT2D eigenvalue weighted by Crippen LogP contribution is 2.35. The molecule has 1 N–H and O–H groups in total. The topological polar surface area (TPSA) is 64.3 Å². The maximum Gasteiger partial charge on any atom is 0.359 e. The van der Waals surface area contributed by atoms with Gasteiger partial charge >= 0.3 is 5.97 Å². The maximum absolute atomic E-state index is 12.0. The lowest BCUT2D eigenvalue weighted by Gasteiger charge is -2.05. The third-order valence-electron chi connectivity index (χ3n) is 3.53. The van der Waals surface area contributed by atoms with Crippen molar-refractivity contribution in [2.75, 3.05) is 6.61 Å². The van der Waals surface area contributed by atoms with Crippen molar-refractivity contribution in [2.45, 2.75) is 25.9 Å². The number of aromatic nitrogens is 2. The molecule has 3 rings (SSSR count). The molecule has 5 nitrogen and oxygen atoms in total. The lowest BCUT2D eigenvalue weighted by molar-refractivity contribution is 0.0512. The molecular formula is C15H15BrN2O3. The Balaban J connectivity index is 2.13.